The largest absolute Gasteiger partial charge is 0.491 e. The summed E-state index contributed by atoms with van der Waals surface area (Å²) in [6, 6.07) is 18.9. The highest BCUT2D eigenvalue weighted by molar-refractivity contribution is 6.08. The van der Waals surface area contributed by atoms with E-state index < -0.39 is 11.6 Å². The topological polar surface area (TPSA) is 54.6 Å². The Hall–Kier alpha value is -3.71. The molecule has 0 saturated heterocycles. The van der Waals surface area contributed by atoms with E-state index in [1.807, 2.05) is 62.4 Å². The summed E-state index contributed by atoms with van der Waals surface area (Å²) in [4.78, 5) is 19.2. The zero-order valence-corrected chi connectivity index (χ0v) is 20.7. The van der Waals surface area contributed by atoms with Gasteiger partial charge in [-0.15, -0.1) is 0 Å². The molecule has 188 valence electrons. The van der Waals surface area contributed by atoms with Gasteiger partial charge in [0.2, 0.25) is 0 Å². The van der Waals surface area contributed by atoms with Gasteiger partial charge in [-0.05, 0) is 41.3 Å². The lowest BCUT2D eigenvalue weighted by Crippen LogP contribution is -2.31. The van der Waals surface area contributed by atoms with Crippen LogP contribution < -0.4 is 4.74 Å². The molecule has 1 aromatic heterocycles. The molecule has 0 fully saturated rings. The number of ether oxygens (including phenoxy) is 2. The fourth-order valence-electron chi connectivity index (χ4n) is 4.21. The third-order valence-corrected chi connectivity index (χ3v) is 6.01. The number of hydrogen-bond donors (Lipinski definition) is 1. The predicted molar refractivity (Wildman–Crippen MR) is 136 cm³/mol. The van der Waals surface area contributed by atoms with E-state index in [1.165, 1.54) is 6.07 Å². The van der Waals surface area contributed by atoms with Gasteiger partial charge in [-0.25, -0.2) is 8.78 Å². The molecule has 0 atom stereocenters. The number of H-pyrrole nitrogens is 1. The molecule has 4 aromatic rings. The number of carbonyl (C=O) groups is 1. The molecule has 3 aromatic carbocycles. The highest BCUT2D eigenvalue weighted by Crippen LogP contribution is 2.32. The molecule has 1 heterocycles. The number of halogens is 2. The normalized spacial score (nSPS) is 11.3. The number of rotatable bonds is 10. The van der Waals surface area contributed by atoms with Crippen molar-refractivity contribution in [3.8, 4) is 5.75 Å². The number of fused-ring (bicyclic) bond motifs is 1. The van der Waals surface area contributed by atoms with Crippen LogP contribution in [0.2, 0.25) is 0 Å². The Kier molecular flexibility index (Phi) is 8.00. The zero-order valence-electron chi connectivity index (χ0n) is 20.7. The van der Waals surface area contributed by atoms with Crippen LogP contribution >= 0.6 is 0 Å². The Morgan fingerprint density at radius 3 is 2.36 bits per heavy atom. The van der Waals surface area contributed by atoms with Crippen molar-refractivity contribution in [3.63, 3.8) is 0 Å². The summed E-state index contributed by atoms with van der Waals surface area (Å²) in [7, 11) is 1.62. The van der Waals surface area contributed by atoms with Gasteiger partial charge in [0.25, 0.3) is 5.91 Å². The lowest BCUT2D eigenvalue weighted by Gasteiger charge is -2.24. The van der Waals surface area contributed by atoms with E-state index in [0.29, 0.717) is 36.6 Å². The zero-order chi connectivity index (χ0) is 25.7. The molecule has 0 aliphatic rings. The fraction of sp³-hybridized carbons (Fsp3) is 0.276. The molecule has 5 nitrogen and oxygen atoms in total. The molecule has 0 spiro atoms. The molecule has 0 aliphatic heterocycles. The van der Waals surface area contributed by atoms with E-state index in [1.54, 1.807) is 12.0 Å². The minimum Gasteiger partial charge on any atom is -0.491 e. The van der Waals surface area contributed by atoms with Crippen molar-refractivity contribution in [2.45, 2.75) is 32.9 Å². The average molecular weight is 493 g/mol. The number of benzene rings is 3. The van der Waals surface area contributed by atoms with E-state index >= 15 is 0 Å². The number of nitrogens with one attached hydrogen (secondary N) is 1. The number of methoxy groups -OCH3 is 1. The monoisotopic (exact) mass is 492 g/mol. The van der Waals surface area contributed by atoms with Crippen molar-refractivity contribution in [2.75, 3.05) is 20.3 Å². The highest BCUT2D eigenvalue weighted by Gasteiger charge is 2.26. The number of aromatic amines is 1. The first-order valence-electron chi connectivity index (χ1n) is 11.9. The molecular weight excluding hydrogens is 462 g/mol. The predicted octanol–water partition coefficient (Wildman–Crippen LogP) is 6.44. The van der Waals surface area contributed by atoms with Crippen molar-refractivity contribution in [1.82, 2.24) is 9.88 Å². The standard InChI is InChI=1S/C29H30F2N2O3/c1-19(2)28-27(23-11-10-22(16-26(23)32-28)36-14-13-35-3)29(34)33(17-20-7-5-4-6-8-20)18-21-9-12-24(30)25(31)15-21/h4-12,15-16,19,32H,13-14,17-18H2,1-3H3. The molecule has 7 heteroatoms. The van der Waals surface area contributed by atoms with Crippen LogP contribution in [-0.4, -0.2) is 36.1 Å². The molecule has 0 saturated carbocycles. The van der Waals surface area contributed by atoms with E-state index in [-0.39, 0.29) is 18.4 Å². The number of hydrogen-bond acceptors (Lipinski definition) is 3. The highest BCUT2D eigenvalue weighted by atomic mass is 19.2. The smallest absolute Gasteiger partial charge is 0.256 e. The fourth-order valence-corrected chi connectivity index (χ4v) is 4.21. The summed E-state index contributed by atoms with van der Waals surface area (Å²) in [5.74, 6) is -1.31. The third kappa shape index (κ3) is 5.74. The molecule has 4 rings (SSSR count). The summed E-state index contributed by atoms with van der Waals surface area (Å²) in [5, 5.41) is 0.783. The second-order valence-corrected chi connectivity index (χ2v) is 9.01. The van der Waals surface area contributed by atoms with E-state index in [2.05, 4.69) is 4.98 Å². The molecule has 1 N–H and O–H groups in total. The van der Waals surface area contributed by atoms with Gasteiger partial charge >= 0.3 is 0 Å². The first-order chi connectivity index (χ1) is 17.4. The summed E-state index contributed by atoms with van der Waals surface area (Å²) in [6.45, 7) is 5.39. The molecule has 0 radical (unpaired) electrons. The third-order valence-electron chi connectivity index (χ3n) is 6.01. The molecular formula is C29H30F2N2O3. The van der Waals surface area contributed by atoms with Crippen LogP contribution in [0.5, 0.6) is 5.75 Å². The number of aromatic nitrogens is 1. The molecule has 36 heavy (non-hydrogen) atoms. The molecule has 0 bridgehead atoms. The summed E-state index contributed by atoms with van der Waals surface area (Å²) < 4.78 is 38.3. The first kappa shape index (κ1) is 25.4. The number of amides is 1. The second-order valence-electron chi connectivity index (χ2n) is 9.01. The first-order valence-corrected chi connectivity index (χ1v) is 11.9. The van der Waals surface area contributed by atoms with Gasteiger partial charge in [0.05, 0.1) is 17.7 Å². The maximum absolute atomic E-state index is 14.1. The van der Waals surface area contributed by atoms with Crippen molar-refractivity contribution >= 4 is 16.8 Å². The van der Waals surface area contributed by atoms with Gasteiger partial charge in [-0.1, -0.05) is 50.2 Å². The van der Waals surface area contributed by atoms with Crippen LogP contribution in [0.25, 0.3) is 10.9 Å². The quantitative estimate of drug-likeness (QED) is 0.259. The van der Waals surface area contributed by atoms with E-state index in [4.69, 9.17) is 9.47 Å². The number of nitrogens with zero attached hydrogens (tertiary/aromatic N) is 1. The summed E-state index contributed by atoms with van der Waals surface area (Å²) in [6.07, 6.45) is 0. The van der Waals surface area contributed by atoms with Crippen LogP contribution in [0, 0.1) is 11.6 Å². The van der Waals surface area contributed by atoms with Gasteiger partial charge < -0.3 is 19.4 Å². The van der Waals surface area contributed by atoms with Gasteiger partial charge in [0.15, 0.2) is 11.6 Å². The van der Waals surface area contributed by atoms with Crippen molar-refractivity contribution in [1.29, 1.82) is 0 Å². The van der Waals surface area contributed by atoms with Gasteiger partial charge in [0.1, 0.15) is 12.4 Å². The van der Waals surface area contributed by atoms with E-state index in [0.717, 1.165) is 34.3 Å². The van der Waals surface area contributed by atoms with Gasteiger partial charge in [-0.3, -0.25) is 4.79 Å². The Balaban J connectivity index is 1.73. The Labute approximate surface area is 209 Å². The Bertz CT molecular complexity index is 1340. The maximum atomic E-state index is 14.1. The molecule has 0 unspecified atom stereocenters. The minimum absolute atomic E-state index is 0.0519. The van der Waals surface area contributed by atoms with Crippen LogP contribution in [0.3, 0.4) is 0 Å². The molecule has 0 aliphatic carbocycles. The van der Waals surface area contributed by atoms with Crippen molar-refractivity contribution in [3.05, 3.63) is 101 Å². The Morgan fingerprint density at radius 2 is 1.67 bits per heavy atom. The molecule has 1 amide bonds. The van der Waals surface area contributed by atoms with Gasteiger partial charge in [-0.2, -0.15) is 0 Å². The lowest BCUT2D eigenvalue weighted by atomic mass is 10.0. The summed E-state index contributed by atoms with van der Waals surface area (Å²) in [5.41, 5.74) is 3.63. The van der Waals surface area contributed by atoms with Crippen molar-refractivity contribution < 1.29 is 23.0 Å². The Morgan fingerprint density at radius 1 is 0.917 bits per heavy atom. The lowest BCUT2D eigenvalue weighted by molar-refractivity contribution is 0.0730. The van der Waals surface area contributed by atoms with Crippen molar-refractivity contribution in [2.24, 2.45) is 0 Å². The van der Waals surface area contributed by atoms with Crippen LogP contribution in [0.4, 0.5) is 8.78 Å². The average Bonchev–Trinajstić information content (AvgIpc) is 3.25. The maximum Gasteiger partial charge on any atom is 0.256 e. The van der Waals surface area contributed by atoms with Crippen LogP contribution in [0.15, 0.2) is 66.7 Å². The minimum atomic E-state index is -0.935. The summed E-state index contributed by atoms with van der Waals surface area (Å²) >= 11 is 0. The second kappa shape index (κ2) is 11.4. The van der Waals surface area contributed by atoms with Crippen LogP contribution in [-0.2, 0) is 17.8 Å². The van der Waals surface area contributed by atoms with Gasteiger partial charge in [0, 0.05) is 37.3 Å². The number of carbonyl (C=O) groups excluding carboxylic acids is 1. The van der Waals surface area contributed by atoms with E-state index in [9.17, 15) is 13.6 Å². The SMILES string of the molecule is COCCOc1ccc2c(C(=O)N(Cc3ccccc3)Cc3ccc(F)c(F)c3)c(C(C)C)[nH]c2c1. The van der Waals surface area contributed by atoms with Crippen LogP contribution in [0.1, 0.15) is 46.9 Å².